The summed E-state index contributed by atoms with van der Waals surface area (Å²) >= 11 is 5.83. The number of carbonyl (C=O) groups excluding carboxylic acids is 2. The second-order valence-electron chi connectivity index (χ2n) is 4.74. The van der Waals surface area contributed by atoms with Gasteiger partial charge in [0.2, 0.25) is 5.91 Å². The van der Waals surface area contributed by atoms with Gasteiger partial charge < -0.3 is 20.3 Å². The number of hydrogen-bond donors (Lipinski definition) is 1. The van der Waals surface area contributed by atoms with E-state index in [0.717, 1.165) is 0 Å². The van der Waals surface area contributed by atoms with E-state index in [2.05, 4.69) is 0 Å². The number of nitrogen functional groups attached to an aromatic ring is 1. The molecule has 1 aromatic rings. The van der Waals surface area contributed by atoms with Gasteiger partial charge in [-0.3, -0.25) is 9.59 Å². The highest BCUT2D eigenvalue weighted by molar-refractivity contribution is 6.31. The molecule has 0 saturated carbocycles. The summed E-state index contributed by atoms with van der Waals surface area (Å²) < 4.78 is 4.98. The molecule has 0 atom stereocenters. The van der Waals surface area contributed by atoms with Gasteiger partial charge >= 0.3 is 0 Å². The summed E-state index contributed by atoms with van der Waals surface area (Å²) in [4.78, 5) is 27.2. The number of carbonyl (C=O) groups is 2. The van der Waals surface area contributed by atoms with Crippen LogP contribution in [-0.2, 0) is 9.53 Å². The number of methoxy groups -OCH3 is 1. The predicted molar refractivity (Wildman–Crippen MR) is 82.3 cm³/mol. The number of benzene rings is 1. The number of anilines is 1. The molecule has 2 amide bonds. The Kier molecular flexibility index (Phi) is 6.45. The quantitative estimate of drug-likeness (QED) is 0.798. The van der Waals surface area contributed by atoms with Crippen molar-refractivity contribution in [2.45, 2.75) is 0 Å². The van der Waals surface area contributed by atoms with Crippen molar-refractivity contribution >= 4 is 29.1 Å². The molecule has 0 saturated heterocycles. The molecule has 0 aliphatic carbocycles. The first-order chi connectivity index (χ1) is 9.86. The lowest BCUT2D eigenvalue weighted by atomic mass is 10.1. The Bertz CT molecular complexity index is 520. The first-order valence-corrected chi connectivity index (χ1v) is 6.78. The third-order valence-corrected chi connectivity index (χ3v) is 3.16. The van der Waals surface area contributed by atoms with Gasteiger partial charge in [0.05, 0.1) is 12.2 Å². The first-order valence-electron chi connectivity index (χ1n) is 6.40. The van der Waals surface area contributed by atoms with Crippen LogP contribution in [0.15, 0.2) is 18.2 Å². The fourth-order valence-electron chi connectivity index (χ4n) is 1.66. The molecular weight excluding hydrogens is 294 g/mol. The van der Waals surface area contributed by atoms with Crippen molar-refractivity contribution in [2.75, 3.05) is 46.6 Å². The Morgan fingerprint density at radius 1 is 1.33 bits per heavy atom. The number of rotatable bonds is 6. The Hall–Kier alpha value is -1.79. The highest BCUT2D eigenvalue weighted by Gasteiger charge is 2.21. The van der Waals surface area contributed by atoms with E-state index in [1.807, 2.05) is 0 Å². The second kappa shape index (κ2) is 7.85. The average molecular weight is 314 g/mol. The van der Waals surface area contributed by atoms with E-state index in [1.165, 1.54) is 23.0 Å². The molecule has 0 bridgehead atoms. The molecule has 0 spiro atoms. The fourth-order valence-corrected chi connectivity index (χ4v) is 1.84. The van der Waals surface area contributed by atoms with E-state index < -0.39 is 0 Å². The molecule has 0 heterocycles. The minimum absolute atomic E-state index is 0.0305. The van der Waals surface area contributed by atoms with Crippen LogP contribution in [0.5, 0.6) is 0 Å². The molecule has 116 valence electrons. The van der Waals surface area contributed by atoms with Crippen LogP contribution in [0.3, 0.4) is 0 Å². The summed E-state index contributed by atoms with van der Waals surface area (Å²) in [6.07, 6.45) is 0. The van der Waals surface area contributed by atoms with Crippen molar-refractivity contribution in [1.29, 1.82) is 0 Å². The van der Waals surface area contributed by atoms with Crippen LogP contribution in [0.25, 0.3) is 0 Å². The smallest absolute Gasteiger partial charge is 0.256 e. The van der Waals surface area contributed by atoms with E-state index in [4.69, 9.17) is 22.1 Å². The molecule has 1 rings (SSSR count). The molecule has 0 aromatic heterocycles. The van der Waals surface area contributed by atoms with Crippen molar-refractivity contribution in [2.24, 2.45) is 0 Å². The van der Waals surface area contributed by atoms with Crippen molar-refractivity contribution in [3.05, 3.63) is 28.8 Å². The summed E-state index contributed by atoms with van der Waals surface area (Å²) in [7, 11) is 4.81. The van der Waals surface area contributed by atoms with Gasteiger partial charge in [0.1, 0.15) is 6.54 Å². The summed E-state index contributed by atoms with van der Waals surface area (Å²) in [6, 6.07) is 4.66. The lowest BCUT2D eigenvalue weighted by Crippen LogP contribution is -2.42. The van der Waals surface area contributed by atoms with Gasteiger partial charge in [0.25, 0.3) is 5.91 Å². The van der Waals surface area contributed by atoms with Gasteiger partial charge in [0, 0.05) is 38.5 Å². The van der Waals surface area contributed by atoms with E-state index in [0.29, 0.717) is 23.7 Å². The minimum Gasteiger partial charge on any atom is -0.398 e. The average Bonchev–Trinajstić information content (AvgIpc) is 2.42. The van der Waals surface area contributed by atoms with Crippen LogP contribution in [0.4, 0.5) is 5.69 Å². The number of amides is 2. The summed E-state index contributed by atoms with van der Waals surface area (Å²) in [6.45, 7) is 0.605. The minimum atomic E-state index is -0.323. The van der Waals surface area contributed by atoms with E-state index in [9.17, 15) is 9.59 Å². The van der Waals surface area contributed by atoms with Gasteiger partial charge in [-0.15, -0.1) is 0 Å². The van der Waals surface area contributed by atoms with Crippen LogP contribution in [0.1, 0.15) is 10.4 Å². The normalized spacial score (nSPS) is 10.3. The monoisotopic (exact) mass is 313 g/mol. The Morgan fingerprint density at radius 3 is 2.52 bits per heavy atom. The maximum atomic E-state index is 12.5. The molecule has 21 heavy (non-hydrogen) atoms. The summed E-state index contributed by atoms with van der Waals surface area (Å²) in [5.74, 6) is -0.497. The molecule has 6 nitrogen and oxygen atoms in total. The zero-order valence-corrected chi connectivity index (χ0v) is 13.2. The standard InChI is InChI=1S/C14H20ClN3O3/c1-17(2)13(19)9-18(6-7-21-3)14(20)11-5-4-10(15)8-12(11)16/h4-5,8H,6-7,9,16H2,1-3H3. The third kappa shape index (κ3) is 4.91. The fraction of sp³-hybridized carbons (Fsp3) is 0.429. The lowest BCUT2D eigenvalue weighted by Gasteiger charge is -2.24. The van der Waals surface area contributed by atoms with Crippen LogP contribution in [0, 0.1) is 0 Å². The van der Waals surface area contributed by atoms with Gasteiger partial charge in [-0.25, -0.2) is 0 Å². The molecule has 1 aromatic carbocycles. The molecule has 0 unspecified atom stereocenters. The maximum Gasteiger partial charge on any atom is 0.256 e. The highest BCUT2D eigenvalue weighted by Crippen LogP contribution is 2.19. The van der Waals surface area contributed by atoms with Gasteiger partial charge in [0.15, 0.2) is 0 Å². The number of ether oxygens (including phenoxy) is 1. The lowest BCUT2D eigenvalue weighted by molar-refractivity contribution is -0.129. The third-order valence-electron chi connectivity index (χ3n) is 2.92. The number of likely N-dealkylation sites (N-methyl/N-ethyl adjacent to an activating group) is 1. The summed E-state index contributed by atoms with van der Waals surface area (Å²) in [5.41, 5.74) is 6.43. The van der Waals surface area contributed by atoms with Crippen LogP contribution >= 0.6 is 11.6 Å². The molecule has 0 aliphatic rings. The topological polar surface area (TPSA) is 75.9 Å². The van der Waals surface area contributed by atoms with Crippen molar-refractivity contribution in [1.82, 2.24) is 9.80 Å². The van der Waals surface area contributed by atoms with Crippen molar-refractivity contribution < 1.29 is 14.3 Å². The number of nitrogens with two attached hydrogens (primary N) is 1. The van der Waals surface area contributed by atoms with Crippen LogP contribution in [-0.4, -0.2) is 62.5 Å². The van der Waals surface area contributed by atoms with E-state index in [-0.39, 0.29) is 24.0 Å². The van der Waals surface area contributed by atoms with Gasteiger partial charge in [-0.05, 0) is 18.2 Å². The SMILES string of the molecule is COCCN(CC(=O)N(C)C)C(=O)c1ccc(Cl)cc1N. The number of halogens is 1. The first kappa shape index (κ1) is 17.3. The van der Waals surface area contributed by atoms with Crippen molar-refractivity contribution in [3.8, 4) is 0 Å². The molecular formula is C14H20ClN3O3. The largest absolute Gasteiger partial charge is 0.398 e. The molecule has 0 aliphatic heterocycles. The molecule has 2 N–H and O–H groups in total. The van der Waals surface area contributed by atoms with Crippen LogP contribution < -0.4 is 5.73 Å². The molecule has 7 heteroatoms. The predicted octanol–water partition coefficient (Wildman–Crippen LogP) is 1.10. The number of hydrogen-bond acceptors (Lipinski definition) is 4. The van der Waals surface area contributed by atoms with Gasteiger partial charge in [-0.1, -0.05) is 11.6 Å². The van der Waals surface area contributed by atoms with Crippen LogP contribution in [0.2, 0.25) is 5.02 Å². The summed E-state index contributed by atoms with van der Waals surface area (Å²) in [5, 5.41) is 0.455. The van der Waals surface area contributed by atoms with Crippen molar-refractivity contribution in [3.63, 3.8) is 0 Å². The number of nitrogens with zero attached hydrogens (tertiary/aromatic N) is 2. The van der Waals surface area contributed by atoms with E-state index >= 15 is 0 Å². The zero-order chi connectivity index (χ0) is 16.0. The Morgan fingerprint density at radius 2 is 2.00 bits per heavy atom. The Labute approximate surface area is 129 Å². The zero-order valence-electron chi connectivity index (χ0n) is 12.4. The van der Waals surface area contributed by atoms with Gasteiger partial charge in [-0.2, -0.15) is 0 Å². The maximum absolute atomic E-state index is 12.5. The highest BCUT2D eigenvalue weighted by atomic mass is 35.5. The van der Waals surface area contributed by atoms with E-state index in [1.54, 1.807) is 26.2 Å². The molecule has 0 radical (unpaired) electrons. The second-order valence-corrected chi connectivity index (χ2v) is 5.18. The molecule has 0 fully saturated rings. The Balaban J connectivity index is 2.95.